The number of anilines is 1. The number of nitrogens with one attached hydrogen (secondary N) is 2. The van der Waals surface area contributed by atoms with Gasteiger partial charge in [0.15, 0.2) is 6.61 Å². The molecule has 0 heterocycles. The number of benzene rings is 2. The summed E-state index contributed by atoms with van der Waals surface area (Å²) in [5.74, 6) is -1.24. The summed E-state index contributed by atoms with van der Waals surface area (Å²) in [6.07, 6.45) is 0. The van der Waals surface area contributed by atoms with Crippen LogP contribution in [-0.2, 0) is 14.3 Å². The molecule has 0 bridgehead atoms. The molecule has 7 nitrogen and oxygen atoms in total. The van der Waals surface area contributed by atoms with Gasteiger partial charge in [-0.3, -0.25) is 14.4 Å². The highest BCUT2D eigenvalue weighted by atomic mass is 16.5. The fraction of sp³-hybridized carbons (Fsp3) is 0.250. The largest absolute Gasteiger partial charge is 0.496 e. The van der Waals surface area contributed by atoms with E-state index in [2.05, 4.69) is 10.6 Å². The van der Waals surface area contributed by atoms with E-state index in [1.807, 2.05) is 32.0 Å². The standard InChI is InChI=1S/C20H22N2O5/c1-13-8-14(2)10-15(9-13)22-18(23)12-27-19(24)11-21-20(25)16-6-4-5-7-17(16)26-3/h4-10H,11-12H2,1-3H3,(H,21,25)(H,22,23). The molecular formula is C20H22N2O5. The average molecular weight is 370 g/mol. The van der Waals surface area contributed by atoms with Gasteiger partial charge in [0.1, 0.15) is 12.3 Å². The van der Waals surface area contributed by atoms with Crippen LogP contribution in [0.4, 0.5) is 5.69 Å². The van der Waals surface area contributed by atoms with Crippen LogP contribution >= 0.6 is 0 Å². The van der Waals surface area contributed by atoms with Crippen LogP contribution in [0.25, 0.3) is 0 Å². The number of carbonyl (C=O) groups is 3. The molecular weight excluding hydrogens is 348 g/mol. The normalized spacial score (nSPS) is 10.0. The first-order valence-corrected chi connectivity index (χ1v) is 8.34. The highest BCUT2D eigenvalue weighted by Crippen LogP contribution is 2.16. The summed E-state index contributed by atoms with van der Waals surface area (Å²) >= 11 is 0. The first-order chi connectivity index (χ1) is 12.9. The zero-order valence-electron chi connectivity index (χ0n) is 15.5. The van der Waals surface area contributed by atoms with E-state index in [1.165, 1.54) is 7.11 Å². The number of rotatable bonds is 7. The Bertz CT molecular complexity index is 828. The Labute approximate surface area is 157 Å². The van der Waals surface area contributed by atoms with Crippen LogP contribution in [0.3, 0.4) is 0 Å². The number of amides is 2. The van der Waals surface area contributed by atoms with Crippen molar-refractivity contribution in [2.24, 2.45) is 0 Å². The molecule has 0 saturated heterocycles. The van der Waals surface area contributed by atoms with Gasteiger partial charge in [-0.05, 0) is 49.2 Å². The molecule has 142 valence electrons. The minimum absolute atomic E-state index is 0.306. The summed E-state index contributed by atoms with van der Waals surface area (Å²) in [7, 11) is 1.45. The lowest BCUT2D eigenvalue weighted by atomic mass is 10.1. The maximum Gasteiger partial charge on any atom is 0.325 e. The average Bonchev–Trinajstić information content (AvgIpc) is 2.63. The monoisotopic (exact) mass is 370 g/mol. The SMILES string of the molecule is COc1ccccc1C(=O)NCC(=O)OCC(=O)Nc1cc(C)cc(C)c1. The second kappa shape index (κ2) is 9.38. The van der Waals surface area contributed by atoms with Crippen molar-refractivity contribution in [2.75, 3.05) is 25.6 Å². The number of hydrogen-bond acceptors (Lipinski definition) is 5. The van der Waals surface area contributed by atoms with E-state index in [-0.39, 0.29) is 6.54 Å². The Hall–Kier alpha value is -3.35. The van der Waals surface area contributed by atoms with Gasteiger partial charge in [0.25, 0.3) is 11.8 Å². The lowest BCUT2D eigenvalue weighted by Gasteiger charge is -2.10. The van der Waals surface area contributed by atoms with Gasteiger partial charge in [-0.25, -0.2) is 0 Å². The van der Waals surface area contributed by atoms with Gasteiger partial charge in [0, 0.05) is 5.69 Å². The van der Waals surface area contributed by atoms with Crippen LogP contribution in [0, 0.1) is 13.8 Å². The number of carbonyl (C=O) groups excluding carboxylic acids is 3. The van der Waals surface area contributed by atoms with E-state index in [0.29, 0.717) is 17.0 Å². The summed E-state index contributed by atoms with van der Waals surface area (Å²) in [5.41, 5.74) is 2.97. The van der Waals surface area contributed by atoms with E-state index >= 15 is 0 Å². The molecule has 0 aliphatic carbocycles. The second-order valence-corrected chi connectivity index (χ2v) is 5.97. The Morgan fingerprint density at radius 1 is 1.00 bits per heavy atom. The molecule has 0 aliphatic heterocycles. The third-order valence-corrected chi connectivity index (χ3v) is 3.61. The predicted molar refractivity (Wildman–Crippen MR) is 101 cm³/mol. The Balaban J connectivity index is 1.78. The van der Waals surface area contributed by atoms with E-state index in [9.17, 15) is 14.4 Å². The minimum atomic E-state index is -0.714. The van der Waals surface area contributed by atoms with Gasteiger partial charge in [-0.2, -0.15) is 0 Å². The maximum atomic E-state index is 12.1. The molecule has 0 aliphatic rings. The van der Waals surface area contributed by atoms with Crippen LogP contribution in [-0.4, -0.2) is 38.0 Å². The van der Waals surface area contributed by atoms with Crippen molar-refractivity contribution in [3.8, 4) is 5.75 Å². The van der Waals surface area contributed by atoms with E-state index in [0.717, 1.165) is 11.1 Å². The first-order valence-electron chi connectivity index (χ1n) is 8.34. The highest BCUT2D eigenvalue weighted by Gasteiger charge is 2.14. The highest BCUT2D eigenvalue weighted by molar-refractivity contribution is 5.98. The number of methoxy groups -OCH3 is 1. The maximum absolute atomic E-state index is 12.1. The molecule has 2 aromatic rings. The number of aryl methyl sites for hydroxylation is 2. The van der Waals surface area contributed by atoms with Crippen LogP contribution < -0.4 is 15.4 Å². The molecule has 0 saturated carbocycles. The quantitative estimate of drug-likeness (QED) is 0.729. The zero-order valence-corrected chi connectivity index (χ0v) is 15.5. The van der Waals surface area contributed by atoms with Gasteiger partial charge in [-0.15, -0.1) is 0 Å². The topological polar surface area (TPSA) is 93.7 Å². The molecule has 0 radical (unpaired) electrons. The number of ether oxygens (including phenoxy) is 2. The molecule has 2 aromatic carbocycles. The van der Waals surface area contributed by atoms with Crippen LogP contribution in [0.1, 0.15) is 21.5 Å². The third-order valence-electron chi connectivity index (χ3n) is 3.61. The molecule has 0 aromatic heterocycles. The number of esters is 1. The van der Waals surface area contributed by atoms with Crippen molar-refractivity contribution in [3.63, 3.8) is 0 Å². The molecule has 27 heavy (non-hydrogen) atoms. The zero-order chi connectivity index (χ0) is 19.8. The molecule has 0 spiro atoms. The Morgan fingerprint density at radius 3 is 2.33 bits per heavy atom. The molecule has 7 heteroatoms. The Kier molecular flexibility index (Phi) is 6.93. The van der Waals surface area contributed by atoms with Crippen molar-refractivity contribution in [1.82, 2.24) is 5.32 Å². The van der Waals surface area contributed by atoms with Crippen LogP contribution in [0.2, 0.25) is 0 Å². The second-order valence-electron chi connectivity index (χ2n) is 5.97. The minimum Gasteiger partial charge on any atom is -0.496 e. The summed E-state index contributed by atoms with van der Waals surface area (Å²) in [6.45, 7) is 3.06. The van der Waals surface area contributed by atoms with Crippen LogP contribution in [0.15, 0.2) is 42.5 Å². The van der Waals surface area contributed by atoms with Gasteiger partial charge in [-0.1, -0.05) is 18.2 Å². The first kappa shape index (κ1) is 20.0. The van der Waals surface area contributed by atoms with Crippen LogP contribution in [0.5, 0.6) is 5.75 Å². The predicted octanol–water partition coefficient (Wildman–Crippen LogP) is 2.22. The molecule has 2 rings (SSSR count). The fourth-order valence-electron chi connectivity index (χ4n) is 2.52. The smallest absolute Gasteiger partial charge is 0.325 e. The summed E-state index contributed by atoms with van der Waals surface area (Å²) in [6, 6.07) is 12.3. The van der Waals surface area contributed by atoms with Crippen molar-refractivity contribution < 1.29 is 23.9 Å². The molecule has 2 amide bonds. The molecule has 0 unspecified atom stereocenters. The van der Waals surface area contributed by atoms with Crippen molar-refractivity contribution in [2.45, 2.75) is 13.8 Å². The Morgan fingerprint density at radius 2 is 1.67 bits per heavy atom. The summed E-state index contributed by atoms with van der Waals surface area (Å²) in [4.78, 5) is 35.7. The number of para-hydroxylation sites is 1. The van der Waals surface area contributed by atoms with E-state index in [1.54, 1.807) is 24.3 Å². The van der Waals surface area contributed by atoms with Gasteiger partial charge in [0.05, 0.1) is 12.7 Å². The van der Waals surface area contributed by atoms with E-state index in [4.69, 9.17) is 9.47 Å². The lowest BCUT2D eigenvalue weighted by molar-refractivity contribution is -0.146. The van der Waals surface area contributed by atoms with Crippen molar-refractivity contribution in [1.29, 1.82) is 0 Å². The lowest BCUT2D eigenvalue weighted by Crippen LogP contribution is -2.32. The third kappa shape index (κ3) is 6.14. The fourth-order valence-corrected chi connectivity index (χ4v) is 2.52. The number of hydrogen-bond donors (Lipinski definition) is 2. The summed E-state index contributed by atoms with van der Waals surface area (Å²) < 4.78 is 9.98. The van der Waals surface area contributed by atoms with Crippen molar-refractivity contribution in [3.05, 3.63) is 59.2 Å². The van der Waals surface area contributed by atoms with Gasteiger partial charge in [0.2, 0.25) is 0 Å². The van der Waals surface area contributed by atoms with Gasteiger partial charge < -0.3 is 20.1 Å². The summed E-state index contributed by atoms with van der Waals surface area (Å²) in [5, 5.41) is 5.10. The van der Waals surface area contributed by atoms with E-state index < -0.39 is 24.4 Å². The molecule has 0 atom stereocenters. The van der Waals surface area contributed by atoms with Crippen molar-refractivity contribution >= 4 is 23.5 Å². The molecule has 2 N–H and O–H groups in total. The van der Waals surface area contributed by atoms with Gasteiger partial charge >= 0.3 is 5.97 Å². The molecule has 0 fully saturated rings.